The fourth-order valence-electron chi connectivity index (χ4n) is 3.66. The molecule has 2 saturated heterocycles. The molecule has 0 radical (unpaired) electrons. The van der Waals surface area contributed by atoms with E-state index in [2.05, 4.69) is 4.90 Å². The second kappa shape index (κ2) is 8.63. The fourth-order valence-corrected chi connectivity index (χ4v) is 3.66. The van der Waals surface area contributed by atoms with Gasteiger partial charge in [0.05, 0.1) is 0 Å². The highest BCUT2D eigenvalue weighted by atomic mass is 19.1. The highest BCUT2D eigenvalue weighted by Gasteiger charge is 2.30. The van der Waals surface area contributed by atoms with E-state index < -0.39 is 11.9 Å². The van der Waals surface area contributed by atoms with Gasteiger partial charge in [0.2, 0.25) is 5.91 Å². The molecule has 1 aromatic rings. The summed E-state index contributed by atoms with van der Waals surface area (Å²) >= 11 is 0. The lowest BCUT2D eigenvalue weighted by Crippen LogP contribution is -2.44. The van der Waals surface area contributed by atoms with Crippen LogP contribution in [0.25, 0.3) is 0 Å². The zero-order chi connectivity index (χ0) is 17.6. The predicted molar refractivity (Wildman–Crippen MR) is 92.9 cm³/mol. The van der Waals surface area contributed by atoms with Crippen molar-refractivity contribution in [1.29, 1.82) is 0 Å². The Morgan fingerprint density at radius 2 is 1.88 bits per heavy atom. The molecule has 2 fully saturated rings. The number of aliphatic hydroxyl groups excluding tert-OH is 1. The van der Waals surface area contributed by atoms with Gasteiger partial charge in [0.25, 0.3) is 0 Å². The summed E-state index contributed by atoms with van der Waals surface area (Å²) in [6.45, 7) is 3.98. The molecule has 25 heavy (non-hydrogen) atoms. The Kier molecular flexibility index (Phi) is 6.26. The molecular formula is C19H27FN2O3. The molecule has 0 aliphatic carbocycles. The number of halogens is 1. The molecule has 2 aliphatic rings. The normalized spacial score (nSPS) is 20.6. The average Bonchev–Trinajstić information content (AvgIpc) is 3.16. The molecule has 0 spiro atoms. The first kappa shape index (κ1) is 18.1. The van der Waals surface area contributed by atoms with Crippen LogP contribution >= 0.6 is 0 Å². The highest BCUT2D eigenvalue weighted by molar-refractivity contribution is 5.79. The monoisotopic (exact) mass is 350 g/mol. The van der Waals surface area contributed by atoms with E-state index in [-0.39, 0.29) is 18.3 Å². The first-order chi connectivity index (χ1) is 12.1. The molecule has 0 bridgehead atoms. The number of amides is 1. The maximum absolute atomic E-state index is 13.5. The smallest absolute Gasteiger partial charge is 0.225 e. The Hall–Kier alpha value is -1.66. The number of aliphatic hydroxyl groups is 1. The molecule has 1 unspecified atom stereocenters. The second-order valence-corrected chi connectivity index (χ2v) is 7.00. The number of ether oxygens (including phenoxy) is 1. The highest BCUT2D eigenvalue weighted by Crippen LogP contribution is 2.22. The summed E-state index contributed by atoms with van der Waals surface area (Å²) in [6, 6.07) is 6.19. The average molecular weight is 350 g/mol. The van der Waals surface area contributed by atoms with E-state index in [0.29, 0.717) is 12.5 Å². The number of carbonyl (C=O) groups is 1. The summed E-state index contributed by atoms with van der Waals surface area (Å²) in [7, 11) is 0. The summed E-state index contributed by atoms with van der Waals surface area (Å²) in [6.07, 6.45) is 3.26. The lowest BCUT2D eigenvalue weighted by Gasteiger charge is -2.34. The van der Waals surface area contributed by atoms with E-state index in [1.165, 1.54) is 6.07 Å². The molecule has 1 atom stereocenters. The molecule has 5 nitrogen and oxygen atoms in total. The van der Waals surface area contributed by atoms with Crippen LogP contribution in [0.1, 0.15) is 25.7 Å². The van der Waals surface area contributed by atoms with E-state index in [9.17, 15) is 14.3 Å². The SMILES string of the molecule is O=C(C1CCN(CC(O)COc2ccccc2F)CC1)N1CCCC1. The van der Waals surface area contributed by atoms with Gasteiger partial charge in [-0.2, -0.15) is 0 Å². The van der Waals surface area contributed by atoms with Crippen LogP contribution in [0.3, 0.4) is 0 Å². The zero-order valence-electron chi connectivity index (χ0n) is 14.6. The number of hydrogen-bond donors (Lipinski definition) is 1. The van der Waals surface area contributed by atoms with Gasteiger partial charge >= 0.3 is 0 Å². The number of carbonyl (C=O) groups excluding carboxylic acids is 1. The van der Waals surface area contributed by atoms with Crippen molar-refractivity contribution in [2.24, 2.45) is 5.92 Å². The minimum absolute atomic E-state index is 0.0631. The minimum Gasteiger partial charge on any atom is -0.488 e. The number of hydrogen-bond acceptors (Lipinski definition) is 4. The maximum Gasteiger partial charge on any atom is 0.225 e. The maximum atomic E-state index is 13.5. The Morgan fingerprint density at radius 1 is 1.20 bits per heavy atom. The van der Waals surface area contributed by atoms with Crippen LogP contribution in [0.15, 0.2) is 24.3 Å². The minimum atomic E-state index is -0.676. The van der Waals surface area contributed by atoms with Crippen LogP contribution in [-0.4, -0.2) is 66.2 Å². The van der Waals surface area contributed by atoms with E-state index in [1.807, 2.05) is 4.90 Å². The van der Waals surface area contributed by atoms with Gasteiger partial charge in [0.15, 0.2) is 11.6 Å². The molecular weight excluding hydrogens is 323 g/mol. The second-order valence-electron chi connectivity index (χ2n) is 7.00. The Morgan fingerprint density at radius 3 is 2.56 bits per heavy atom. The van der Waals surface area contributed by atoms with Crippen molar-refractivity contribution in [1.82, 2.24) is 9.80 Å². The molecule has 1 amide bonds. The van der Waals surface area contributed by atoms with Crippen molar-refractivity contribution < 1.29 is 19.0 Å². The van der Waals surface area contributed by atoms with E-state index in [1.54, 1.807) is 18.2 Å². The number of nitrogens with zero attached hydrogens (tertiary/aromatic N) is 2. The van der Waals surface area contributed by atoms with Crippen molar-refractivity contribution in [3.05, 3.63) is 30.1 Å². The van der Waals surface area contributed by atoms with Gasteiger partial charge in [-0.3, -0.25) is 4.79 Å². The van der Waals surface area contributed by atoms with Crippen molar-refractivity contribution in [3.8, 4) is 5.75 Å². The molecule has 0 aromatic heterocycles. The summed E-state index contributed by atoms with van der Waals surface area (Å²) < 4.78 is 18.8. The van der Waals surface area contributed by atoms with Gasteiger partial charge in [-0.15, -0.1) is 0 Å². The van der Waals surface area contributed by atoms with Gasteiger partial charge in [0, 0.05) is 25.6 Å². The summed E-state index contributed by atoms with van der Waals surface area (Å²) in [4.78, 5) is 16.6. The van der Waals surface area contributed by atoms with E-state index in [0.717, 1.165) is 51.9 Å². The molecule has 1 aromatic carbocycles. The summed E-state index contributed by atoms with van der Waals surface area (Å²) in [5, 5.41) is 10.1. The van der Waals surface area contributed by atoms with Crippen molar-refractivity contribution in [3.63, 3.8) is 0 Å². The first-order valence-corrected chi connectivity index (χ1v) is 9.20. The molecule has 1 N–H and O–H groups in total. The lowest BCUT2D eigenvalue weighted by molar-refractivity contribution is -0.136. The Labute approximate surface area is 148 Å². The third-order valence-corrected chi connectivity index (χ3v) is 5.09. The van der Waals surface area contributed by atoms with E-state index in [4.69, 9.17) is 4.74 Å². The molecule has 138 valence electrons. The third kappa shape index (κ3) is 4.92. The van der Waals surface area contributed by atoms with Crippen LogP contribution in [0, 0.1) is 11.7 Å². The molecule has 2 aliphatic heterocycles. The van der Waals surface area contributed by atoms with Gasteiger partial charge in [-0.1, -0.05) is 12.1 Å². The van der Waals surface area contributed by atoms with Gasteiger partial charge in [-0.25, -0.2) is 4.39 Å². The number of rotatable bonds is 6. The zero-order valence-corrected chi connectivity index (χ0v) is 14.6. The van der Waals surface area contributed by atoms with Gasteiger partial charge < -0.3 is 19.6 Å². The Balaban J connectivity index is 1.38. The van der Waals surface area contributed by atoms with Crippen LogP contribution in [-0.2, 0) is 4.79 Å². The van der Waals surface area contributed by atoms with Crippen molar-refractivity contribution >= 4 is 5.91 Å². The molecule has 3 rings (SSSR count). The molecule has 0 saturated carbocycles. The Bertz CT molecular complexity index is 570. The van der Waals surface area contributed by atoms with Gasteiger partial charge in [0.1, 0.15) is 12.7 Å². The standard InChI is InChI=1S/C19H27FN2O3/c20-17-5-1-2-6-18(17)25-14-16(23)13-21-11-7-15(8-12-21)19(24)22-9-3-4-10-22/h1-2,5-6,15-16,23H,3-4,7-14H2. The number of para-hydroxylation sites is 1. The van der Waals surface area contributed by atoms with Crippen LogP contribution in [0.2, 0.25) is 0 Å². The van der Waals surface area contributed by atoms with Gasteiger partial charge in [-0.05, 0) is 50.9 Å². The van der Waals surface area contributed by atoms with Crippen LogP contribution in [0.4, 0.5) is 4.39 Å². The number of benzene rings is 1. The topological polar surface area (TPSA) is 53.0 Å². The van der Waals surface area contributed by atoms with Crippen LogP contribution < -0.4 is 4.74 Å². The number of piperidine rings is 1. The summed E-state index contributed by atoms with van der Waals surface area (Å²) in [5.41, 5.74) is 0. The van der Waals surface area contributed by atoms with Crippen molar-refractivity contribution in [2.45, 2.75) is 31.8 Å². The van der Waals surface area contributed by atoms with Crippen LogP contribution in [0.5, 0.6) is 5.75 Å². The third-order valence-electron chi connectivity index (χ3n) is 5.09. The quantitative estimate of drug-likeness (QED) is 0.851. The molecule has 6 heteroatoms. The van der Waals surface area contributed by atoms with E-state index >= 15 is 0 Å². The fraction of sp³-hybridized carbons (Fsp3) is 0.632. The van der Waals surface area contributed by atoms with Crippen molar-refractivity contribution in [2.75, 3.05) is 39.3 Å². The number of likely N-dealkylation sites (tertiary alicyclic amines) is 2. The summed E-state index contributed by atoms with van der Waals surface area (Å²) in [5.74, 6) is 0.175. The lowest BCUT2D eigenvalue weighted by atomic mass is 9.95. The molecule has 2 heterocycles. The number of β-amino-alcohol motifs (C(OH)–C–C–N with tert-alkyl or cyclic N) is 1. The largest absolute Gasteiger partial charge is 0.488 e. The first-order valence-electron chi connectivity index (χ1n) is 9.20. The predicted octanol–water partition coefficient (Wildman–Crippen LogP) is 1.90.